The van der Waals surface area contributed by atoms with Crippen molar-refractivity contribution in [3.63, 3.8) is 0 Å². The molecule has 0 aromatic heterocycles. The van der Waals surface area contributed by atoms with Crippen molar-refractivity contribution in [3.8, 4) is 0 Å². The maximum Gasteiger partial charge on any atom is 0.231 e. The van der Waals surface area contributed by atoms with E-state index in [9.17, 15) is 9.18 Å². The van der Waals surface area contributed by atoms with Gasteiger partial charge in [0, 0.05) is 27.1 Å². The van der Waals surface area contributed by atoms with Gasteiger partial charge in [-0.2, -0.15) is 0 Å². The number of alkyl halides is 3. The van der Waals surface area contributed by atoms with Crippen molar-refractivity contribution in [2.75, 3.05) is 5.32 Å². The van der Waals surface area contributed by atoms with Crippen LogP contribution in [0.25, 0.3) is 0 Å². The molecule has 0 spiro atoms. The lowest BCUT2D eigenvalue weighted by molar-refractivity contribution is -0.117. The number of amides is 1. The molecule has 7 heteroatoms. The Morgan fingerprint density at radius 3 is 2.47 bits per heavy atom. The number of rotatable bonds is 7. The molecule has 2 aliphatic rings. The molecule has 3 unspecified atom stereocenters. The van der Waals surface area contributed by atoms with E-state index in [0.717, 1.165) is 36.0 Å². The van der Waals surface area contributed by atoms with Gasteiger partial charge in [-0.05, 0) is 99.4 Å². The highest BCUT2D eigenvalue weighted by molar-refractivity contribution is 6.53. The van der Waals surface area contributed by atoms with Crippen LogP contribution in [0.1, 0.15) is 69.1 Å². The van der Waals surface area contributed by atoms with Crippen molar-refractivity contribution in [3.05, 3.63) is 75.3 Å². The monoisotopic (exact) mass is 569 g/mol. The first kappa shape index (κ1) is 27.8. The molecule has 2 aliphatic carbocycles. The third kappa shape index (κ3) is 5.75. The maximum atomic E-state index is 14.2. The van der Waals surface area contributed by atoms with E-state index in [2.05, 4.69) is 24.4 Å². The van der Waals surface area contributed by atoms with Crippen molar-refractivity contribution in [1.82, 2.24) is 0 Å². The number of hydrogen-bond donors (Lipinski definition) is 1. The van der Waals surface area contributed by atoms with Crippen molar-refractivity contribution < 1.29 is 9.18 Å². The number of allylic oxidation sites excluding steroid dienone is 2. The molecule has 1 N–H and O–H groups in total. The summed E-state index contributed by atoms with van der Waals surface area (Å²) in [6.07, 6.45) is 7.41. The minimum atomic E-state index is -1.20. The molecule has 2 aromatic carbocycles. The number of anilines is 1. The summed E-state index contributed by atoms with van der Waals surface area (Å²) in [5, 5.41) is 4.24. The Morgan fingerprint density at radius 2 is 1.89 bits per heavy atom. The van der Waals surface area contributed by atoms with Gasteiger partial charge in [-0.1, -0.05) is 48.3 Å². The molecule has 1 amide bonds. The first-order valence-electron chi connectivity index (χ1n) is 12.4. The van der Waals surface area contributed by atoms with Crippen LogP contribution in [-0.2, 0) is 10.2 Å². The predicted molar refractivity (Wildman–Crippen MR) is 151 cm³/mol. The fourth-order valence-corrected chi connectivity index (χ4v) is 7.09. The van der Waals surface area contributed by atoms with Crippen LogP contribution in [0.4, 0.5) is 10.1 Å². The van der Waals surface area contributed by atoms with E-state index in [4.69, 9.17) is 46.4 Å². The molecule has 4 atom stereocenters. The first-order valence-corrected chi connectivity index (χ1v) is 13.9. The van der Waals surface area contributed by atoms with Gasteiger partial charge in [-0.25, -0.2) is 4.39 Å². The maximum absolute atomic E-state index is 14.2. The Hall–Kier alpha value is -1.26. The van der Waals surface area contributed by atoms with Gasteiger partial charge in [0.25, 0.3) is 0 Å². The second-order valence-corrected chi connectivity index (χ2v) is 13.3. The van der Waals surface area contributed by atoms with Crippen LogP contribution in [-0.4, -0.2) is 15.9 Å². The molecule has 0 bridgehead atoms. The van der Waals surface area contributed by atoms with E-state index in [-0.39, 0.29) is 23.2 Å². The van der Waals surface area contributed by atoms with Crippen LogP contribution in [0.3, 0.4) is 0 Å². The Labute approximate surface area is 233 Å². The summed E-state index contributed by atoms with van der Waals surface area (Å²) >= 11 is 26.0. The van der Waals surface area contributed by atoms with Gasteiger partial charge < -0.3 is 5.32 Å². The highest BCUT2D eigenvalue weighted by Gasteiger charge is 2.67. The van der Waals surface area contributed by atoms with Crippen molar-refractivity contribution >= 4 is 58.0 Å². The van der Waals surface area contributed by atoms with Crippen LogP contribution in [0.5, 0.6) is 0 Å². The summed E-state index contributed by atoms with van der Waals surface area (Å²) < 4.78 is 13.0. The molecule has 194 valence electrons. The lowest BCUT2D eigenvalue weighted by Gasteiger charge is -2.37. The quantitative estimate of drug-likeness (QED) is 0.260. The predicted octanol–water partition coefficient (Wildman–Crippen LogP) is 9.58. The van der Waals surface area contributed by atoms with E-state index >= 15 is 0 Å². The van der Waals surface area contributed by atoms with Gasteiger partial charge >= 0.3 is 0 Å². The molecule has 0 aliphatic heterocycles. The van der Waals surface area contributed by atoms with Gasteiger partial charge in [0.15, 0.2) is 0 Å². The normalized spacial score (nSPS) is 27.1. The summed E-state index contributed by atoms with van der Waals surface area (Å²) in [7, 11) is 0. The highest BCUT2D eigenvalue weighted by Crippen LogP contribution is 2.65. The number of aryl methyl sites for hydroxylation is 1. The Kier molecular flexibility index (Phi) is 7.82. The number of halogens is 5. The van der Waals surface area contributed by atoms with Gasteiger partial charge in [0.2, 0.25) is 5.91 Å². The fourth-order valence-electron chi connectivity index (χ4n) is 5.66. The minimum Gasteiger partial charge on any atom is -0.326 e. The van der Waals surface area contributed by atoms with E-state index in [0.29, 0.717) is 22.2 Å². The average Bonchev–Trinajstić information content (AvgIpc) is 3.36. The second-order valence-electron chi connectivity index (χ2n) is 11.0. The molecule has 1 fully saturated rings. The Morgan fingerprint density at radius 1 is 1.17 bits per heavy atom. The zero-order chi connectivity index (χ0) is 26.5. The molecule has 0 saturated heterocycles. The zero-order valence-corrected chi connectivity index (χ0v) is 24.0. The summed E-state index contributed by atoms with van der Waals surface area (Å²) in [6.45, 7) is 7.32. The van der Waals surface area contributed by atoms with Crippen LogP contribution >= 0.6 is 46.4 Å². The number of hydrogen-bond acceptors (Lipinski definition) is 1. The summed E-state index contributed by atoms with van der Waals surface area (Å²) in [4.78, 5) is 13.2. The molecule has 2 aromatic rings. The second kappa shape index (κ2) is 10.1. The largest absolute Gasteiger partial charge is 0.326 e. The van der Waals surface area contributed by atoms with Crippen LogP contribution < -0.4 is 5.32 Å². The van der Waals surface area contributed by atoms with E-state index in [1.807, 2.05) is 37.3 Å². The SMILES string of the molecule is CC[C@]1(c2cc(NC(=O)C3C(c4cc(C)cc(Cl)c4)C3(Cl)Cl)ccc2Cl)C=CC(CC(C)(C)F)CC1. The van der Waals surface area contributed by atoms with Gasteiger partial charge in [0.05, 0.1) is 5.92 Å². The van der Waals surface area contributed by atoms with Crippen molar-refractivity contribution in [2.24, 2.45) is 11.8 Å². The van der Waals surface area contributed by atoms with E-state index in [1.54, 1.807) is 19.9 Å². The Balaban J connectivity index is 1.55. The number of carbonyl (C=O) groups is 1. The Bertz CT molecular complexity index is 1170. The molecule has 0 radical (unpaired) electrons. The number of benzene rings is 2. The molecule has 4 rings (SSSR count). The standard InChI is InChI=1S/C29H32Cl4FNO/c1-5-28(10-8-18(9-11-28)16-27(3,4)34)22-15-21(6-7-23(22)31)35-26(36)25-24(29(25,32)33)19-12-17(2)13-20(30)14-19/h6-8,10,12-15,18,24-25H,5,9,11,16H2,1-4H3,(H,35,36)/t18?,24?,25?,28-/m0/s1. The highest BCUT2D eigenvalue weighted by atomic mass is 35.5. The zero-order valence-electron chi connectivity index (χ0n) is 21.0. The summed E-state index contributed by atoms with van der Waals surface area (Å²) in [5.74, 6) is -0.984. The topological polar surface area (TPSA) is 29.1 Å². The third-order valence-electron chi connectivity index (χ3n) is 7.56. The van der Waals surface area contributed by atoms with Gasteiger partial charge in [-0.15, -0.1) is 23.2 Å². The van der Waals surface area contributed by atoms with E-state index in [1.165, 1.54) is 0 Å². The van der Waals surface area contributed by atoms with Crippen LogP contribution in [0.15, 0.2) is 48.6 Å². The van der Waals surface area contributed by atoms with Gasteiger partial charge in [0.1, 0.15) is 10.0 Å². The van der Waals surface area contributed by atoms with Crippen LogP contribution in [0.2, 0.25) is 10.0 Å². The minimum absolute atomic E-state index is 0.203. The van der Waals surface area contributed by atoms with Crippen molar-refractivity contribution in [1.29, 1.82) is 0 Å². The smallest absolute Gasteiger partial charge is 0.231 e. The molecule has 0 heterocycles. The van der Waals surface area contributed by atoms with Gasteiger partial charge in [-0.3, -0.25) is 4.79 Å². The molecular weight excluding hydrogens is 539 g/mol. The lowest BCUT2D eigenvalue weighted by atomic mass is 9.68. The van der Waals surface area contributed by atoms with Crippen LogP contribution in [0, 0.1) is 18.8 Å². The molecule has 1 saturated carbocycles. The molecule has 2 nitrogen and oxygen atoms in total. The number of nitrogens with one attached hydrogen (secondary N) is 1. The number of carbonyl (C=O) groups excluding carboxylic acids is 1. The lowest BCUT2D eigenvalue weighted by Crippen LogP contribution is -2.29. The molecular formula is C29H32Cl4FNO. The van der Waals surface area contributed by atoms with E-state index < -0.39 is 15.9 Å². The third-order valence-corrected chi connectivity index (χ3v) is 9.05. The summed E-state index contributed by atoms with van der Waals surface area (Å²) in [6, 6.07) is 11.2. The molecule has 36 heavy (non-hydrogen) atoms. The summed E-state index contributed by atoms with van der Waals surface area (Å²) in [5.41, 5.74) is 1.97. The fraction of sp³-hybridized carbons (Fsp3) is 0.483. The first-order chi connectivity index (χ1) is 16.8. The average molecular weight is 571 g/mol. The van der Waals surface area contributed by atoms with Crippen molar-refractivity contribution in [2.45, 2.75) is 74.7 Å².